The van der Waals surface area contributed by atoms with Crippen molar-refractivity contribution in [2.75, 3.05) is 5.73 Å². The van der Waals surface area contributed by atoms with Crippen LogP contribution in [-0.2, 0) is 0 Å². The lowest BCUT2D eigenvalue weighted by molar-refractivity contribution is 1.67. The fourth-order valence-corrected chi connectivity index (χ4v) is 2.92. The smallest absolute Gasteiger partial charge is 0.154 e. The van der Waals surface area contributed by atoms with Gasteiger partial charge in [-0.25, -0.2) is 0 Å². The fraction of sp³-hybridized carbons (Fsp3) is 0.0769. The second-order valence-electron chi connectivity index (χ2n) is 5.33. The molecule has 0 spiro atoms. The van der Waals surface area contributed by atoms with Crippen LogP contribution in [0.5, 0.6) is 0 Å². The maximum Gasteiger partial charge on any atom is 0.154 e. The second-order valence-corrected chi connectivity index (χ2v) is 5.33. The minimum Gasteiger partial charge on any atom is -0.399 e. The average Bonchev–Trinajstić information content (AvgIpc) is 2.40. The topological polar surface area (TPSA) is 26.0 Å². The van der Waals surface area contributed by atoms with Crippen LogP contribution in [0.2, 0.25) is 6.82 Å². The van der Waals surface area contributed by atoms with Crippen LogP contribution < -0.4 is 33.0 Å². The molecule has 2 rings (SSSR count). The van der Waals surface area contributed by atoms with Gasteiger partial charge in [0.15, 0.2) is 7.28 Å². The molecule has 0 radical (unpaired) electrons. The zero-order valence-electron chi connectivity index (χ0n) is 12.6. The first-order chi connectivity index (χ1) is 8.97. The summed E-state index contributed by atoms with van der Waals surface area (Å²) >= 11 is 0. The standard InChI is InChI=1S/C13H18B5N/c1-18-13-8(6-3-2-4-7(19)5-6)9(14)10(15)11(16)12(13)17/h2-5,18H,14-17,19H2,1H3. The molecule has 0 saturated heterocycles. The summed E-state index contributed by atoms with van der Waals surface area (Å²) in [5.74, 6) is 0. The van der Waals surface area contributed by atoms with Crippen molar-refractivity contribution < 1.29 is 0 Å². The first kappa shape index (κ1) is 14.0. The van der Waals surface area contributed by atoms with E-state index >= 15 is 0 Å². The third-order valence-corrected chi connectivity index (χ3v) is 4.35. The highest BCUT2D eigenvalue weighted by molar-refractivity contribution is 6.72. The van der Waals surface area contributed by atoms with Gasteiger partial charge in [-0.1, -0.05) is 29.9 Å². The Labute approximate surface area is 120 Å². The van der Waals surface area contributed by atoms with E-state index in [0.29, 0.717) is 0 Å². The molecule has 0 unspecified atom stereocenters. The van der Waals surface area contributed by atoms with Crippen LogP contribution in [-0.4, -0.2) is 38.7 Å². The van der Waals surface area contributed by atoms with Crippen molar-refractivity contribution in [3.8, 4) is 11.1 Å². The van der Waals surface area contributed by atoms with Gasteiger partial charge in [0, 0.05) is 5.69 Å². The minimum absolute atomic E-state index is 0.829. The van der Waals surface area contributed by atoms with Gasteiger partial charge < -0.3 is 5.73 Å². The Bertz CT molecular complexity index is 639. The van der Waals surface area contributed by atoms with Crippen LogP contribution in [0.15, 0.2) is 24.3 Å². The van der Waals surface area contributed by atoms with E-state index in [1.165, 1.54) is 38.4 Å². The van der Waals surface area contributed by atoms with Crippen molar-refractivity contribution in [3.05, 3.63) is 24.3 Å². The van der Waals surface area contributed by atoms with Crippen molar-refractivity contribution in [3.63, 3.8) is 0 Å². The van der Waals surface area contributed by atoms with Crippen LogP contribution in [0.1, 0.15) is 0 Å². The van der Waals surface area contributed by atoms with Crippen molar-refractivity contribution in [1.82, 2.24) is 0 Å². The van der Waals surface area contributed by atoms with E-state index in [1.807, 2.05) is 12.1 Å². The van der Waals surface area contributed by atoms with Gasteiger partial charge in [0.1, 0.15) is 31.4 Å². The Kier molecular flexibility index (Phi) is 3.89. The Morgan fingerprint density at radius 2 is 1.58 bits per heavy atom. The Hall–Kier alpha value is -1.44. The fourth-order valence-electron chi connectivity index (χ4n) is 2.92. The SMILES string of the molecule is Bc1c(B)c(B)c(-c2cccc(N)c2)c(BC)c1B. The molecule has 0 aromatic heterocycles. The van der Waals surface area contributed by atoms with Gasteiger partial charge in [-0.05, 0) is 23.3 Å². The number of rotatable bonds is 2. The van der Waals surface area contributed by atoms with Gasteiger partial charge in [-0.2, -0.15) is 0 Å². The molecule has 0 amide bonds. The molecule has 19 heavy (non-hydrogen) atoms. The maximum atomic E-state index is 5.94. The molecule has 0 fully saturated rings. The molecule has 6 heteroatoms. The van der Waals surface area contributed by atoms with Crippen LogP contribution in [0, 0.1) is 0 Å². The molecule has 90 valence electrons. The van der Waals surface area contributed by atoms with E-state index in [0.717, 1.165) is 13.0 Å². The molecule has 2 aromatic rings. The predicted octanol–water partition coefficient (Wildman–Crippen LogP) is -4.92. The summed E-state index contributed by atoms with van der Waals surface area (Å²) in [5, 5.41) is 0. The summed E-state index contributed by atoms with van der Waals surface area (Å²) in [7, 11) is 9.95. The highest BCUT2D eigenvalue weighted by atomic mass is 14.5. The molecule has 0 atom stereocenters. The summed E-state index contributed by atoms with van der Waals surface area (Å²) in [6.45, 7) is 2.23. The van der Waals surface area contributed by atoms with Crippen molar-refractivity contribution in [1.29, 1.82) is 0 Å². The number of hydrogen-bond acceptors (Lipinski definition) is 1. The van der Waals surface area contributed by atoms with E-state index in [4.69, 9.17) is 5.73 Å². The van der Waals surface area contributed by atoms with E-state index in [2.05, 4.69) is 50.3 Å². The minimum atomic E-state index is 0.829. The number of anilines is 1. The Balaban J connectivity index is 2.83. The zero-order chi connectivity index (χ0) is 14.2. The monoisotopic (exact) mass is 243 g/mol. The lowest BCUT2D eigenvalue weighted by Gasteiger charge is -2.21. The maximum absolute atomic E-state index is 5.94. The van der Waals surface area contributed by atoms with Crippen LogP contribution in [0.3, 0.4) is 0 Å². The van der Waals surface area contributed by atoms with Crippen molar-refractivity contribution >= 4 is 71.7 Å². The van der Waals surface area contributed by atoms with E-state index in [1.54, 1.807) is 0 Å². The normalized spacial score (nSPS) is 10.4. The van der Waals surface area contributed by atoms with E-state index < -0.39 is 0 Å². The average molecular weight is 242 g/mol. The Morgan fingerprint density at radius 3 is 2.16 bits per heavy atom. The second kappa shape index (κ2) is 5.28. The van der Waals surface area contributed by atoms with Gasteiger partial charge in [0.25, 0.3) is 0 Å². The summed E-state index contributed by atoms with van der Waals surface area (Å²) in [6, 6.07) is 8.22. The molecule has 0 heterocycles. The van der Waals surface area contributed by atoms with Gasteiger partial charge in [-0.15, -0.1) is 16.4 Å². The molecule has 2 aromatic carbocycles. The Morgan fingerprint density at radius 1 is 0.947 bits per heavy atom. The van der Waals surface area contributed by atoms with Gasteiger partial charge >= 0.3 is 0 Å². The molecule has 0 aliphatic heterocycles. The molecule has 1 nitrogen and oxygen atoms in total. The number of benzene rings is 2. The molecule has 0 bridgehead atoms. The first-order valence-corrected chi connectivity index (χ1v) is 6.92. The highest BCUT2D eigenvalue weighted by Crippen LogP contribution is 2.16. The van der Waals surface area contributed by atoms with Gasteiger partial charge in [0.05, 0.1) is 0 Å². The highest BCUT2D eigenvalue weighted by Gasteiger charge is 2.14. The number of nitrogens with two attached hydrogens (primary N) is 1. The van der Waals surface area contributed by atoms with Crippen LogP contribution in [0.4, 0.5) is 5.69 Å². The quantitative estimate of drug-likeness (QED) is 0.415. The molecule has 0 saturated carbocycles. The van der Waals surface area contributed by atoms with Crippen molar-refractivity contribution in [2.45, 2.75) is 6.82 Å². The number of hydrogen-bond donors (Lipinski definition) is 1. The molecule has 0 aliphatic carbocycles. The van der Waals surface area contributed by atoms with Gasteiger partial charge in [-0.3, -0.25) is 0 Å². The summed E-state index contributed by atoms with van der Waals surface area (Å²) < 4.78 is 0. The third-order valence-electron chi connectivity index (χ3n) is 4.35. The zero-order valence-corrected chi connectivity index (χ0v) is 12.6. The summed E-state index contributed by atoms with van der Waals surface area (Å²) in [6.07, 6.45) is 0. The van der Waals surface area contributed by atoms with Crippen LogP contribution >= 0.6 is 0 Å². The molecule has 0 aliphatic rings. The van der Waals surface area contributed by atoms with Crippen molar-refractivity contribution in [2.24, 2.45) is 0 Å². The van der Waals surface area contributed by atoms with E-state index in [9.17, 15) is 0 Å². The van der Waals surface area contributed by atoms with E-state index in [-0.39, 0.29) is 0 Å². The summed E-state index contributed by atoms with van der Waals surface area (Å²) in [4.78, 5) is 0. The number of nitrogen functional groups attached to an aromatic ring is 1. The first-order valence-electron chi connectivity index (χ1n) is 6.92. The third kappa shape index (κ3) is 2.36. The predicted molar refractivity (Wildman–Crippen MR) is 102 cm³/mol. The van der Waals surface area contributed by atoms with Gasteiger partial charge in [0.2, 0.25) is 0 Å². The molecule has 2 N–H and O–H groups in total. The molecular weight excluding hydrogens is 224 g/mol. The van der Waals surface area contributed by atoms with Crippen LogP contribution in [0.25, 0.3) is 11.1 Å². The molecular formula is C13H18B5N. The largest absolute Gasteiger partial charge is 0.399 e. The lowest BCUT2D eigenvalue weighted by Crippen LogP contribution is -2.56. The lowest BCUT2D eigenvalue weighted by atomic mass is 9.55. The summed E-state index contributed by atoms with van der Waals surface area (Å²) in [5.41, 5.74) is 16.4.